The van der Waals surface area contributed by atoms with E-state index >= 15 is 0 Å². The second-order valence-electron chi connectivity index (χ2n) is 20.9. The van der Waals surface area contributed by atoms with Crippen molar-refractivity contribution in [3.05, 3.63) is 113 Å². The lowest BCUT2D eigenvalue weighted by Crippen LogP contribution is -2.61. The molecule has 4 aromatic rings. The zero-order valence-electron chi connectivity index (χ0n) is 45.5. The van der Waals surface area contributed by atoms with E-state index in [1.54, 1.807) is 0 Å². The number of hydrogen-bond donors (Lipinski definition) is 17. The monoisotopic (exact) mass is 1230 g/mol. The fraction of sp³-hybridized carbons (Fsp3) is 0.439. The molecule has 0 bridgehead atoms. The molecule has 5 aliphatic heterocycles. The Labute approximate surface area is 492 Å². The first-order valence-corrected chi connectivity index (χ1v) is 26.9. The van der Waals surface area contributed by atoms with Gasteiger partial charge in [-0.3, -0.25) is 0 Å². The molecule has 472 valence electrons. The highest BCUT2D eigenvalue weighted by atomic mass is 16.7. The minimum absolute atomic E-state index is 0.00671. The number of phenols is 5. The van der Waals surface area contributed by atoms with Gasteiger partial charge in [-0.2, -0.15) is 0 Å². The van der Waals surface area contributed by atoms with Gasteiger partial charge in [0.25, 0.3) is 11.9 Å². The summed E-state index contributed by atoms with van der Waals surface area (Å²) in [6.07, 6.45) is -31.7. The molecular weight excluding hydrogens is 1160 g/mol. The number of hydrogen-bond acceptors (Lipinski definition) is 29. The molecule has 18 N–H and O–H groups in total. The first-order valence-electron chi connectivity index (χ1n) is 26.9. The largest absolute Gasteiger partial charge is 0.571 e. The van der Waals surface area contributed by atoms with Gasteiger partial charge in [-0.15, -0.1) is 0 Å². The molecule has 5 heterocycles. The number of carbonyl (C=O) groups is 2. The van der Waals surface area contributed by atoms with Crippen LogP contribution in [0.5, 0.6) is 46.0 Å². The maximum atomic E-state index is 12.6. The van der Waals surface area contributed by atoms with Gasteiger partial charge in [0.2, 0.25) is 24.6 Å². The highest BCUT2D eigenvalue weighted by molar-refractivity contribution is 5.87. The third-order valence-corrected chi connectivity index (χ3v) is 14.7. The molecule has 4 aromatic carbocycles. The molecule has 5 aliphatic rings. The third kappa shape index (κ3) is 14.6. The van der Waals surface area contributed by atoms with Crippen molar-refractivity contribution >= 4 is 30.2 Å². The van der Waals surface area contributed by atoms with Crippen molar-refractivity contribution in [2.45, 2.75) is 136 Å². The molecular formula is C57H65O30+. The molecule has 4 saturated heterocycles. The highest BCUT2D eigenvalue weighted by Crippen LogP contribution is 2.49. The van der Waals surface area contributed by atoms with Crippen LogP contribution in [0.25, 0.3) is 18.2 Å². The highest BCUT2D eigenvalue weighted by Gasteiger charge is 2.51. The molecule has 0 saturated carbocycles. The molecule has 87 heavy (non-hydrogen) atoms. The minimum atomic E-state index is -2.09. The summed E-state index contributed by atoms with van der Waals surface area (Å²) < 4.78 is 61.4. The van der Waals surface area contributed by atoms with Crippen LogP contribution in [-0.4, -0.2) is 246 Å². The molecule has 9 rings (SSSR count). The van der Waals surface area contributed by atoms with Crippen LogP contribution in [0.4, 0.5) is 0 Å². The average Bonchev–Trinajstić information content (AvgIpc) is 1.05. The molecule has 30 heteroatoms. The van der Waals surface area contributed by atoms with Gasteiger partial charge < -0.3 is 139 Å². The van der Waals surface area contributed by atoms with Gasteiger partial charge in [0, 0.05) is 24.3 Å². The lowest BCUT2D eigenvalue weighted by Gasteiger charge is -2.42. The Bertz CT molecular complexity index is 3120. The Morgan fingerprint density at radius 1 is 0.494 bits per heavy atom. The molecule has 21 atom stereocenters. The zero-order valence-corrected chi connectivity index (χ0v) is 45.5. The normalized spacial score (nSPS) is 34.3. The van der Waals surface area contributed by atoms with Crippen molar-refractivity contribution in [3.8, 4) is 46.0 Å². The van der Waals surface area contributed by atoms with Crippen LogP contribution < -0.4 is 9.47 Å². The molecule has 4 fully saturated rings. The second-order valence-corrected chi connectivity index (χ2v) is 20.9. The lowest BCUT2D eigenvalue weighted by atomic mass is 9.98. The van der Waals surface area contributed by atoms with Gasteiger partial charge in [-0.1, -0.05) is 24.3 Å². The predicted octanol–water partition coefficient (Wildman–Crippen LogP) is -2.89. The quantitative estimate of drug-likeness (QED) is 0.0206. The summed E-state index contributed by atoms with van der Waals surface area (Å²) in [5.41, 5.74) is 0.660. The van der Waals surface area contributed by atoms with E-state index in [0.29, 0.717) is 11.1 Å². The Morgan fingerprint density at radius 2 is 0.954 bits per heavy atom. The Hall–Kier alpha value is -7.44. The first kappa shape index (κ1) is 64.0. The number of aliphatic hydroxyl groups is 13. The Morgan fingerprint density at radius 3 is 1.47 bits per heavy atom. The van der Waals surface area contributed by atoms with E-state index in [9.17, 15) is 96.4 Å². The van der Waals surface area contributed by atoms with Gasteiger partial charge in [0.15, 0.2) is 23.5 Å². The summed E-state index contributed by atoms with van der Waals surface area (Å²) in [4.78, 5) is 25.2. The van der Waals surface area contributed by atoms with Gasteiger partial charge in [0.05, 0.1) is 24.3 Å². The molecule has 0 aliphatic carbocycles. The summed E-state index contributed by atoms with van der Waals surface area (Å²) in [6, 6.07) is 15.7. The second kappa shape index (κ2) is 27.3. The van der Waals surface area contributed by atoms with E-state index in [-0.39, 0.29) is 34.1 Å². The molecule has 21 unspecified atom stereocenters. The molecule has 0 amide bonds. The van der Waals surface area contributed by atoms with Crippen molar-refractivity contribution in [2.24, 2.45) is 0 Å². The number of esters is 2. The number of carbonyl (C=O) groups excluding carboxylic acids is 2. The fourth-order valence-electron chi connectivity index (χ4n) is 9.66. The summed E-state index contributed by atoms with van der Waals surface area (Å²) in [7, 11) is 0. The number of benzene rings is 4. The Balaban J connectivity index is 0.978. The van der Waals surface area contributed by atoms with E-state index in [0.717, 1.165) is 36.4 Å². The molecule has 0 radical (unpaired) electrons. The summed E-state index contributed by atoms with van der Waals surface area (Å²) in [6.45, 7) is -0.727. The topological polar surface area (TPSA) is 483 Å². The van der Waals surface area contributed by atoms with Crippen LogP contribution in [0.1, 0.15) is 35.3 Å². The molecule has 30 nitrogen and oxygen atoms in total. The first-order chi connectivity index (χ1) is 41.3. The van der Waals surface area contributed by atoms with E-state index in [4.69, 9.17) is 47.4 Å². The minimum Gasteiger partial charge on any atom is -0.571 e. The van der Waals surface area contributed by atoms with E-state index in [2.05, 4.69) is 4.74 Å². The zero-order chi connectivity index (χ0) is 62.7. The summed E-state index contributed by atoms with van der Waals surface area (Å²) >= 11 is 0. The van der Waals surface area contributed by atoms with Crippen LogP contribution in [-0.2, 0) is 47.5 Å². The van der Waals surface area contributed by atoms with Gasteiger partial charge in [-0.25, -0.2) is 9.59 Å². The van der Waals surface area contributed by atoms with Gasteiger partial charge in [-0.05, 0) is 66.6 Å². The van der Waals surface area contributed by atoms with Crippen molar-refractivity contribution in [1.29, 1.82) is 0 Å². The number of aliphatic hydroxyl groups excluding tert-OH is 12. The van der Waals surface area contributed by atoms with E-state index < -0.39 is 189 Å². The van der Waals surface area contributed by atoms with Crippen LogP contribution in [0.15, 0.2) is 90.7 Å². The van der Waals surface area contributed by atoms with Gasteiger partial charge in [0.1, 0.15) is 133 Å². The number of fused-ring (bicyclic) bond motifs is 1. The smallest absolute Gasteiger partial charge is 0.330 e. The van der Waals surface area contributed by atoms with Crippen LogP contribution in [0.2, 0.25) is 0 Å². The van der Waals surface area contributed by atoms with Crippen LogP contribution in [0.3, 0.4) is 0 Å². The van der Waals surface area contributed by atoms with Gasteiger partial charge >= 0.3 is 11.9 Å². The standard InChI is InChI=1S/C57H64O30/c1-22-40(64)45(69)49(73)54(80-22)79-21-37-44(68)48(72)52(76)57(87-37)84-34-18-29-30(60)16-28(81-55-50(74)46(70)42(66)35(85-55)19-77-38(62)12-6-23-2-8-26(58)9-3-23)17-32(29)82-53(34)25-14-31(61)41(65)33(15-25)83-56-51(75)47(71)43(67)36(86-56)20-78-39(63)13-7-24-4-10-27(59)11-5-24/h2-18,22,35-37,40,42-61,64-76H,19-21H2,1H3/p+1. The van der Waals surface area contributed by atoms with Crippen molar-refractivity contribution < 1.29 is 149 Å². The van der Waals surface area contributed by atoms with Crippen molar-refractivity contribution in [2.75, 3.05) is 19.8 Å². The third-order valence-electron chi connectivity index (χ3n) is 14.7. The lowest BCUT2D eigenvalue weighted by molar-refractivity contribution is -0.325. The summed E-state index contributed by atoms with van der Waals surface area (Å²) in [5.74, 6) is -6.06. The molecule has 0 aromatic heterocycles. The van der Waals surface area contributed by atoms with E-state index in [1.807, 2.05) is 0 Å². The average molecular weight is 1230 g/mol. The maximum Gasteiger partial charge on any atom is 0.330 e. The summed E-state index contributed by atoms with van der Waals surface area (Å²) in [5, 5.41) is 183. The molecule has 0 spiro atoms. The van der Waals surface area contributed by atoms with Crippen LogP contribution >= 0.6 is 0 Å². The van der Waals surface area contributed by atoms with Crippen LogP contribution in [0, 0.1) is 0 Å². The van der Waals surface area contributed by atoms with Crippen molar-refractivity contribution in [1.82, 2.24) is 0 Å². The number of rotatable bonds is 18. The maximum absolute atomic E-state index is 12.6. The van der Waals surface area contributed by atoms with E-state index in [1.165, 1.54) is 73.7 Å². The number of ether oxygens (including phenoxy) is 11. The van der Waals surface area contributed by atoms with Crippen molar-refractivity contribution in [3.63, 3.8) is 0 Å². The Kier molecular flexibility index (Phi) is 20.1. The number of phenolic OH excluding ortho intramolecular Hbond substituents is 5. The SMILES string of the molecule is CC1OC(OCC2OC(OC3=Cc4c(O)cc(OC5OC(COC(=O)C=Cc6ccc(O)cc6)C(O)C(O)C5O)cc4[OH+]C3c3cc(O)c(O)c(OC4OC(COC(=O)C=Cc5ccc(O)cc5)C(O)C(O)C4O)c3)C(O)C(O)C2O)C(O)C(O)C1O. The fourth-order valence-corrected chi connectivity index (χ4v) is 9.66. The number of aromatic hydroxyl groups is 6. The predicted molar refractivity (Wildman–Crippen MR) is 287 cm³/mol.